The van der Waals surface area contributed by atoms with Gasteiger partial charge in [-0.05, 0) is 36.5 Å². The van der Waals surface area contributed by atoms with Gasteiger partial charge in [0, 0.05) is 6.61 Å². The maximum atomic E-state index is 9.07. The van der Waals surface area contributed by atoms with E-state index in [0.29, 0.717) is 12.5 Å². The van der Waals surface area contributed by atoms with Crippen molar-refractivity contribution in [2.24, 2.45) is 5.92 Å². The van der Waals surface area contributed by atoms with Crippen molar-refractivity contribution in [2.75, 3.05) is 13.7 Å². The monoisotopic (exact) mass is 208 g/mol. The summed E-state index contributed by atoms with van der Waals surface area (Å²) in [6.45, 7) is 2.42. The number of aliphatic hydroxyl groups excluding tert-OH is 1. The molecule has 0 amide bonds. The highest BCUT2D eigenvalue weighted by Gasteiger charge is 2.04. The standard InChI is InChI=1S/C13H20O2/c1-3-11(10-14)4-5-12-6-8-13(15-2)9-7-12/h6-9,11,14H,3-5,10H2,1-2H3. The Morgan fingerprint density at radius 2 is 1.93 bits per heavy atom. The first kappa shape index (κ1) is 12.1. The second-order valence-electron chi connectivity index (χ2n) is 3.84. The van der Waals surface area contributed by atoms with Crippen LogP contribution in [0.5, 0.6) is 5.75 Å². The third-order valence-corrected chi connectivity index (χ3v) is 2.84. The zero-order valence-electron chi connectivity index (χ0n) is 9.57. The molecule has 1 atom stereocenters. The molecule has 1 aromatic rings. The zero-order chi connectivity index (χ0) is 11.1. The molecule has 0 radical (unpaired) electrons. The number of hydrogen-bond acceptors (Lipinski definition) is 2. The van der Waals surface area contributed by atoms with E-state index in [-0.39, 0.29) is 0 Å². The van der Waals surface area contributed by atoms with E-state index in [2.05, 4.69) is 19.1 Å². The van der Waals surface area contributed by atoms with E-state index in [0.717, 1.165) is 25.0 Å². The van der Waals surface area contributed by atoms with Crippen molar-refractivity contribution in [3.05, 3.63) is 29.8 Å². The predicted octanol–water partition coefficient (Wildman–Crippen LogP) is 2.65. The lowest BCUT2D eigenvalue weighted by atomic mass is 9.98. The second kappa shape index (κ2) is 6.46. The minimum Gasteiger partial charge on any atom is -0.497 e. The molecule has 0 fully saturated rings. The first-order valence-electron chi connectivity index (χ1n) is 5.54. The van der Waals surface area contributed by atoms with Gasteiger partial charge in [0.05, 0.1) is 7.11 Å². The molecular formula is C13H20O2. The van der Waals surface area contributed by atoms with Gasteiger partial charge in [0.2, 0.25) is 0 Å². The zero-order valence-corrected chi connectivity index (χ0v) is 9.57. The normalized spacial score (nSPS) is 12.5. The lowest BCUT2D eigenvalue weighted by Gasteiger charge is -2.11. The van der Waals surface area contributed by atoms with Crippen LogP contribution in [0, 0.1) is 5.92 Å². The van der Waals surface area contributed by atoms with Gasteiger partial charge in [0.25, 0.3) is 0 Å². The van der Waals surface area contributed by atoms with Gasteiger partial charge in [-0.25, -0.2) is 0 Å². The summed E-state index contributed by atoms with van der Waals surface area (Å²) in [7, 11) is 1.67. The van der Waals surface area contributed by atoms with Crippen LogP contribution in [0.2, 0.25) is 0 Å². The fraction of sp³-hybridized carbons (Fsp3) is 0.538. The molecule has 2 nitrogen and oxygen atoms in total. The Hall–Kier alpha value is -1.02. The van der Waals surface area contributed by atoms with E-state index in [1.165, 1.54) is 5.56 Å². The van der Waals surface area contributed by atoms with E-state index >= 15 is 0 Å². The van der Waals surface area contributed by atoms with Crippen molar-refractivity contribution < 1.29 is 9.84 Å². The Bertz CT molecular complexity index is 262. The Morgan fingerprint density at radius 1 is 1.27 bits per heavy atom. The first-order chi connectivity index (χ1) is 7.30. The SMILES string of the molecule is CCC(CO)CCc1ccc(OC)cc1. The first-order valence-corrected chi connectivity index (χ1v) is 5.54. The maximum Gasteiger partial charge on any atom is 0.118 e. The Morgan fingerprint density at radius 3 is 2.40 bits per heavy atom. The molecule has 1 unspecified atom stereocenters. The number of hydrogen-bond donors (Lipinski definition) is 1. The molecule has 1 rings (SSSR count). The van der Waals surface area contributed by atoms with Gasteiger partial charge in [-0.15, -0.1) is 0 Å². The van der Waals surface area contributed by atoms with Gasteiger partial charge in [0.15, 0.2) is 0 Å². The molecule has 1 aromatic carbocycles. The molecule has 0 bridgehead atoms. The molecule has 0 heterocycles. The number of methoxy groups -OCH3 is 1. The summed E-state index contributed by atoms with van der Waals surface area (Å²) in [5.74, 6) is 1.33. The lowest BCUT2D eigenvalue weighted by Crippen LogP contribution is -2.05. The number of ether oxygens (including phenoxy) is 1. The van der Waals surface area contributed by atoms with Crippen molar-refractivity contribution >= 4 is 0 Å². The van der Waals surface area contributed by atoms with Crippen molar-refractivity contribution in [3.8, 4) is 5.75 Å². The molecule has 0 spiro atoms. The molecule has 2 heteroatoms. The molecule has 0 aliphatic carbocycles. The van der Waals surface area contributed by atoms with E-state index in [9.17, 15) is 0 Å². The number of benzene rings is 1. The van der Waals surface area contributed by atoms with Crippen molar-refractivity contribution in [2.45, 2.75) is 26.2 Å². The average Bonchev–Trinajstić information content (AvgIpc) is 2.31. The Balaban J connectivity index is 2.43. The summed E-state index contributed by atoms with van der Waals surface area (Å²) in [5.41, 5.74) is 1.31. The fourth-order valence-corrected chi connectivity index (χ4v) is 1.59. The summed E-state index contributed by atoms with van der Waals surface area (Å²) in [4.78, 5) is 0. The fourth-order valence-electron chi connectivity index (χ4n) is 1.59. The van der Waals surface area contributed by atoms with Crippen LogP contribution < -0.4 is 4.74 Å². The molecule has 0 saturated carbocycles. The summed E-state index contributed by atoms with van der Waals surface area (Å²) in [5, 5.41) is 9.07. The molecule has 0 saturated heterocycles. The molecular weight excluding hydrogens is 188 g/mol. The quantitative estimate of drug-likeness (QED) is 0.778. The predicted molar refractivity (Wildman–Crippen MR) is 62.2 cm³/mol. The van der Waals surface area contributed by atoms with Crippen LogP contribution in [0.1, 0.15) is 25.3 Å². The Kier molecular flexibility index (Phi) is 5.19. The summed E-state index contributed by atoms with van der Waals surface area (Å²) in [6.07, 6.45) is 3.13. The molecule has 0 aliphatic rings. The van der Waals surface area contributed by atoms with Crippen LogP contribution in [0.25, 0.3) is 0 Å². The van der Waals surface area contributed by atoms with Gasteiger partial charge in [-0.1, -0.05) is 25.5 Å². The molecule has 0 aliphatic heterocycles. The van der Waals surface area contributed by atoms with Crippen LogP contribution >= 0.6 is 0 Å². The van der Waals surface area contributed by atoms with E-state index in [1.54, 1.807) is 7.11 Å². The van der Waals surface area contributed by atoms with E-state index < -0.39 is 0 Å². The maximum absolute atomic E-state index is 9.07. The van der Waals surface area contributed by atoms with Crippen LogP contribution in [0.3, 0.4) is 0 Å². The number of aliphatic hydroxyl groups is 1. The van der Waals surface area contributed by atoms with Crippen LogP contribution in [-0.2, 0) is 6.42 Å². The van der Waals surface area contributed by atoms with Crippen LogP contribution in [0.15, 0.2) is 24.3 Å². The van der Waals surface area contributed by atoms with Crippen molar-refractivity contribution in [1.82, 2.24) is 0 Å². The highest BCUT2D eigenvalue weighted by Crippen LogP contribution is 2.15. The molecule has 0 aromatic heterocycles. The van der Waals surface area contributed by atoms with Gasteiger partial charge in [-0.3, -0.25) is 0 Å². The third kappa shape index (κ3) is 3.92. The van der Waals surface area contributed by atoms with Gasteiger partial charge in [0.1, 0.15) is 5.75 Å². The third-order valence-electron chi connectivity index (χ3n) is 2.84. The van der Waals surface area contributed by atoms with Crippen LogP contribution in [0.4, 0.5) is 0 Å². The van der Waals surface area contributed by atoms with Crippen molar-refractivity contribution in [3.63, 3.8) is 0 Å². The molecule has 15 heavy (non-hydrogen) atoms. The van der Waals surface area contributed by atoms with Gasteiger partial charge >= 0.3 is 0 Å². The minimum absolute atomic E-state index is 0.298. The second-order valence-corrected chi connectivity index (χ2v) is 3.84. The summed E-state index contributed by atoms with van der Waals surface area (Å²) < 4.78 is 5.10. The van der Waals surface area contributed by atoms with Gasteiger partial charge in [-0.2, -0.15) is 0 Å². The summed E-state index contributed by atoms with van der Waals surface area (Å²) >= 11 is 0. The molecule has 84 valence electrons. The van der Waals surface area contributed by atoms with E-state index in [1.807, 2.05) is 12.1 Å². The minimum atomic E-state index is 0.298. The van der Waals surface area contributed by atoms with Gasteiger partial charge < -0.3 is 9.84 Å². The smallest absolute Gasteiger partial charge is 0.118 e. The average molecular weight is 208 g/mol. The summed E-state index contributed by atoms with van der Waals surface area (Å²) in [6, 6.07) is 8.14. The highest BCUT2D eigenvalue weighted by molar-refractivity contribution is 5.27. The highest BCUT2D eigenvalue weighted by atomic mass is 16.5. The number of aryl methyl sites for hydroxylation is 1. The number of rotatable bonds is 6. The van der Waals surface area contributed by atoms with Crippen molar-refractivity contribution in [1.29, 1.82) is 0 Å². The topological polar surface area (TPSA) is 29.5 Å². The van der Waals surface area contributed by atoms with E-state index in [4.69, 9.17) is 9.84 Å². The largest absolute Gasteiger partial charge is 0.497 e. The Labute approximate surface area is 91.9 Å². The van der Waals surface area contributed by atoms with Crippen LogP contribution in [-0.4, -0.2) is 18.8 Å². The lowest BCUT2D eigenvalue weighted by molar-refractivity contribution is 0.215. The molecule has 1 N–H and O–H groups in total.